The van der Waals surface area contributed by atoms with E-state index in [1.54, 1.807) is 0 Å². The van der Waals surface area contributed by atoms with E-state index >= 15 is 0 Å². The number of aliphatic hydroxyl groups is 1. The molecule has 8 heteroatoms. The number of hydrogen-bond acceptors (Lipinski definition) is 6. The van der Waals surface area contributed by atoms with Crippen LogP contribution in [0.25, 0.3) is 0 Å². The van der Waals surface area contributed by atoms with Gasteiger partial charge in [-0.15, -0.1) is 0 Å². The average molecular weight is 355 g/mol. The molecule has 3 aliphatic heterocycles. The lowest BCUT2D eigenvalue weighted by Gasteiger charge is -2.45. The van der Waals surface area contributed by atoms with Gasteiger partial charge in [-0.25, -0.2) is 4.79 Å². The highest BCUT2D eigenvalue weighted by Crippen LogP contribution is 2.31. The van der Waals surface area contributed by atoms with E-state index < -0.39 is 18.4 Å². The fourth-order valence-corrected chi connectivity index (χ4v) is 4.47. The predicted molar refractivity (Wildman–Crippen MR) is 89.1 cm³/mol. The lowest BCUT2D eigenvalue weighted by molar-refractivity contribution is -0.189. The van der Waals surface area contributed by atoms with Crippen LogP contribution < -0.4 is 10.6 Å². The van der Waals surface area contributed by atoms with E-state index in [9.17, 15) is 9.90 Å². The molecule has 3 saturated heterocycles. The topological polar surface area (TPSA) is 92.3 Å². The summed E-state index contributed by atoms with van der Waals surface area (Å²) in [6.45, 7) is 3.14. The summed E-state index contributed by atoms with van der Waals surface area (Å²) in [5.74, 6) is 0. The highest BCUT2D eigenvalue weighted by Gasteiger charge is 2.52. The molecule has 0 aromatic heterocycles. The number of aliphatic hydroxyl groups excluding tert-OH is 1. The van der Waals surface area contributed by atoms with Gasteiger partial charge in [0.05, 0.1) is 38.0 Å². The van der Waals surface area contributed by atoms with Crippen LogP contribution in [0.1, 0.15) is 32.1 Å². The molecule has 4 aliphatic rings. The second-order valence-electron chi connectivity index (χ2n) is 7.48. The number of nitrogens with zero attached hydrogens (tertiary/aromatic N) is 1. The molecule has 1 saturated carbocycles. The fourth-order valence-electron chi connectivity index (χ4n) is 4.47. The van der Waals surface area contributed by atoms with Crippen LogP contribution in [0.4, 0.5) is 4.79 Å². The maximum atomic E-state index is 12.4. The molecule has 0 spiro atoms. The van der Waals surface area contributed by atoms with Gasteiger partial charge in [0.2, 0.25) is 0 Å². The van der Waals surface area contributed by atoms with Gasteiger partial charge >= 0.3 is 6.03 Å². The van der Waals surface area contributed by atoms with Crippen molar-refractivity contribution in [2.75, 3.05) is 32.9 Å². The second-order valence-corrected chi connectivity index (χ2v) is 7.48. The van der Waals surface area contributed by atoms with Crippen molar-refractivity contribution in [3.63, 3.8) is 0 Å². The zero-order chi connectivity index (χ0) is 17.2. The Kier molecular flexibility index (Phi) is 5.42. The highest BCUT2D eigenvalue weighted by atomic mass is 16.7. The van der Waals surface area contributed by atoms with Crippen LogP contribution >= 0.6 is 0 Å². The summed E-state index contributed by atoms with van der Waals surface area (Å²) in [5.41, 5.74) is 0. The minimum Gasteiger partial charge on any atom is -0.389 e. The molecule has 0 aromatic carbocycles. The maximum absolute atomic E-state index is 12.4. The molecule has 2 amide bonds. The van der Waals surface area contributed by atoms with Crippen LogP contribution in [-0.2, 0) is 14.2 Å². The molecule has 0 unspecified atom stereocenters. The molecule has 3 N–H and O–H groups in total. The number of ether oxygens (including phenoxy) is 3. The van der Waals surface area contributed by atoms with Gasteiger partial charge in [0.15, 0.2) is 6.29 Å². The SMILES string of the molecule is O=C(NC1CCCCC1)N[C@H]1[C@H](O)[C@@H](N2CCOCC2)[C@@H]2OC[C@H]1O2. The lowest BCUT2D eigenvalue weighted by atomic mass is 9.94. The zero-order valence-corrected chi connectivity index (χ0v) is 14.6. The number of urea groups is 1. The van der Waals surface area contributed by atoms with E-state index in [1.807, 2.05) is 0 Å². The standard InChI is InChI=1S/C17H29N3O5/c21-15-13(19-17(22)18-11-4-2-1-3-5-11)12-10-24-16(25-12)14(15)20-6-8-23-9-7-20/h11-16,21H,1-10H2,(H2,18,19,22)/t12-,13-,14-,15+,16-/m1/s1. The van der Waals surface area contributed by atoms with Gasteiger partial charge in [0.1, 0.15) is 6.10 Å². The maximum Gasteiger partial charge on any atom is 0.315 e. The Labute approximate surface area is 148 Å². The molecule has 25 heavy (non-hydrogen) atoms. The van der Waals surface area contributed by atoms with E-state index in [4.69, 9.17) is 14.2 Å². The monoisotopic (exact) mass is 355 g/mol. The Bertz CT molecular complexity index is 467. The van der Waals surface area contributed by atoms with Crippen LogP contribution in [-0.4, -0.2) is 85.6 Å². The summed E-state index contributed by atoms with van der Waals surface area (Å²) in [5, 5.41) is 16.9. The van der Waals surface area contributed by atoms with Gasteiger partial charge in [-0.1, -0.05) is 19.3 Å². The van der Waals surface area contributed by atoms with Crippen LogP contribution in [0, 0.1) is 0 Å². The quantitative estimate of drug-likeness (QED) is 0.650. The third-order valence-corrected chi connectivity index (χ3v) is 5.84. The zero-order valence-electron chi connectivity index (χ0n) is 14.6. The van der Waals surface area contributed by atoms with Gasteiger partial charge in [0.25, 0.3) is 0 Å². The first-order valence-electron chi connectivity index (χ1n) is 9.56. The summed E-state index contributed by atoms with van der Waals surface area (Å²) in [4.78, 5) is 14.6. The summed E-state index contributed by atoms with van der Waals surface area (Å²) in [6.07, 6.45) is 4.18. The predicted octanol–water partition coefficient (Wildman–Crippen LogP) is -0.196. The minimum absolute atomic E-state index is 0.217. The summed E-state index contributed by atoms with van der Waals surface area (Å²) in [7, 11) is 0. The Hall–Kier alpha value is -0.930. The largest absolute Gasteiger partial charge is 0.389 e. The molecule has 0 radical (unpaired) electrons. The third kappa shape index (κ3) is 3.78. The molecule has 5 atom stereocenters. The van der Waals surface area contributed by atoms with E-state index in [-0.39, 0.29) is 24.2 Å². The molecule has 2 bridgehead atoms. The van der Waals surface area contributed by atoms with Crippen LogP contribution in [0.3, 0.4) is 0 Å². The summed E-state index contributed by atoms with van der Waals surface area (Å²) in [6, 6.07) is -0.721. The third-order valence-electron chi connectivity index (χ3n) is 5.84. The van der Waals surface area contributed by atoms with E-state index in [2.05, 4.69) is 15.5 Å². The number of amides is 2. The van der Waals surface area contributed by atoms with Crippen LogP contribution in [0.2, 0.25) is 0 Å². The molecular weight excluding hydrogens is 326 g/mol. The smallest absolute Gasteiger partial charge is 0.315 e. The van der Waals surface area contributed by atoms with Crippen molar-refractivity contribution in [2.24, 2.45) is 0 Å². The number of nitrogens with one attached hydrogen (secondary N) is 2. The number of rotatable bonds is 3. The molecule has 4 fully saturated rings. The first-order valence-corrected chi connectivity index (χ1v) is 9.56. The van der Waals surface area contributed by atoms with Crippen molar-refractivity contribution >= 4 is 6.03 Å². The normalized spacial score (nSPS) is 40.0. The van der Waals surface area contributed by atoms with Crippen molar-refractivity contribution in [3.8, 4) is 0 Å². The second kappa shape index (κ2) is 7.75. The van der Waals surface area contributed by atoms with Crippen LogP contribution in [0.15, 0.2) is 0 Å². The van der Waals surface area contributed by atoms with Crippen molar-refractivity contribution in [1.82, 2.24) is 15.5 Å². The fraction of sp³-hybridized carbons (Fsp3) is 0.941. The van der Waals surface area contributed by atoms with E-state index in [0.717, 1.165) is 38.8 Å². The van der Waals surface area contributed by atoms with Gasteiger partial charge in [0, 0.05) is 19.1 Å². The first-order chi connectivity index (χ1) is 12.2. The molecule has 4 rings (SSSR count). The summed E-state index contributed by atoms with van der Waals surface area (Å²) >= 11 is 0. The molecule has 142 valence electrons. The minimum atomic E-state index is -0.721. The average Bonchev–Trinajstić information content (AvgIpc) is 3.06. The summed E-state index contributed by atoms with van der Waals surface area (Å²) < 4.78 is 17.1. The number of fused-ring (bicyclic) bond motifs is 2. The van der Waals surface area contributed by atoms with Crippen molar-refractivity contribution in [2.45, 2.75) is 68.7 Å². The number of carbonyl (C=O) groups is 1. The van der Waals surface area contributed by atoms with E-state index in [1.165, 1.54) is 6.42 Å². The van der Waals surface area contributed by atoms with E-state index in [0.29, 0.717) is 19.8 Å². The first kappa shape index (κ1) is 17.5. The van der Waals surface area contributed by atoms with Gasteiger partial charge in [-0.3, -0.25) is 4.90 Å². The Morgan fingerprint density at radius 1 is 1.08 bits per heavy atom. The molecular formula is C17H29N3O5. The highest BCUT2D eigenvalue weighted by molar-refractivity contribution is 5.74. The number of morpholine rings is 1. The number of hydrogen-bond donors (Lipinski definition) is 3. The Morgan fingerprint density at radius 2 is 1.84 bits per heavy atom. The van der Waals surface area contributed by atoms with Gasteiger partial charge in [-0.2, -0.15) is 0 Å². The van der Waals surface area contributed by atoms with Crippen molar-refractivity contribution in [3.05, 3.63) is 0 Å². The van der Waals surface area contributed by atoms with Crippen molar-refractivity contribution in [1.29, 1.82) is 0 Å². The molecule has 1 aliphatic carbocycles. The van der Waals surface area contributed by atoms with Crippen molar-refractivity contribution < 1.29 is 24.1 Å². The van der Waals surface area contributed by atoms with Crippen LogP contribution in [0.5, 0.6) is 0 Å². The molecule has 0 aromatic rings. The Morgan fingerprint density at radius 3 is 2.60 bits per heavy atom. The van der Waals surface area contributed by atoms with Gasteiger partial charge < -0.3 is 30.0 Å². The number of carbonyl (C=O) groups excluding carboxylic acids is 1. The molecule has 3 heterocycles. The lowest BCUT2D eigenvalue weighted by Crippen LogP contribution is -2.67. The Balaban J connectivity index is 1.38. The molecule has 8 nitrogen and oxygen atoms in total. The van der Waals surface area contributed by atoms with Gasteiger partial charge in [-0.05, 0) is 12.8 Å².